The summed E-state index contributed by atoms with van der Waals surface area (Å²) in [7, 11) is 0. The van der Waals surface area contributed by atoms with Crippen molar-refractivity contribution in [3.63, 3.8) is 0 Å². The van der Waals surface area contributed by atoms with Crippen molar-refractivity contribution in [3.05, 3.63) is 21.3 Å². The highest BCUT2D eigenvalue weighted by Gasteiger charge is 2.05. The van der Waals surface area contributed by atoms with E-state index in [-0.39, 0.29) is 0 Å². The predicted octanol–water partition coefficient (Wildman–Crippen LogP) is 3.90. The van der Waals surface area contributed by atoms with Crippen LogP contribution in [0.15, 0.2) is 12.1 Å². The molecule has 1 aromatic heterocycles. The molecule has 0 saturated heterocycles. The Labute approximate surface area is 99.4 Å². The predicted molar refractivity (Wildman–Crippen MR) is 65.6 cm³/mol. The fourth-order valence-electron chi connectivity index (χ4n) is 1.27. The first kappa shape index (κ1) is 12.3. The highest BCUT2D eigenvalue weighted by atomic mass is 35.5. The van der Waals surface area contributed by atoms with Gasteiger partial charge in [0.25, 0.3) is 0 Å². The molecule has 1 nitrogen and oxygen atoms in total. The van der Waals surface area contributed by atoms with E-state index in [2.05, 4.69) is 18.3 Å². The smallest absolute Gasteiger partial charge is 0.0931 e. The van der Waals surface area contributed by atoms with Crippen LogP contribution in [0.1, 0.15) is 24.6 Å². The van der Waals surface area contributed by atoms with Crippen LogP contribution in [0.4, 0.5) is 0 Å². The number of alkyl halides is 1. The van der Waals surface area contributed by atoms with Crippen LogP contribution >= 0.6 is 34.5 Å². The number of thiophene rings is 1. The molecule has 1 rings (SSSR count). The van der Waals surface area contributed by atoms with Gasteiger partial charge in [-0.05, 0) is 25.0 Å². The summed E-state index contributed by atoms with van der Waals surface area (Å²) in [6.45, 7) is 3.07. The van der Waals surface area contributed by atoms with E-state index in [1.54, 1.807) is 11.3 Å². The molecule has 0 bridgehead atoms. The highest BCUT2D eigenvalue weighted by molar-refractivity contribution is 7.16. The molecule has 1 heterocycles. The van der Waals surface area contributed by atoms with E-state index in [4.69, 9.17) is 23.2 Å². The minimum atomic E-state index is 0.522. The van der Waals surface area contributed by atoms with Gasteiger partial charge in [-0.2, -0.15) is 0 Å². The summed E-state index contributed by atoms with van der Waals surface area (Å²) >= 11 is 13.2. The molecule has 0 saturated carbocycles. The Morgan fingerprint density at radius 2 is 2.29 bits per heavy atom. The van der Waals surface area contributed by atoms with Gasteiger partial charge in [-0.1, -0.05) is 18.5 Å². The van der Waals surface area contributed by atoms with Gasteiger partial charge in [0.1, 0.15) is 0 Å². The van der Waals surface area contributed by atoms with Gasteiger partial charge in [0.15, 0.2) is 0 Å². The Balaban J connectivity index is 2.31. The first-order valence-corrected chi connectivity index (χ1v) is 6.52. The lowest BCUT2D eigenvalue weighted by Gasteiger charge is -2.14. The Bertz CT molecular complexity index is 262. The van der Waals surface area contributed by atoms with Crippen LogP contribution in [-0.4, -0.2) is 11.9 Å². The summed E-state index contributed by atoms with van der Waals surface area (Å²) < 4.78 is 0.854. The van der Waals surface area contributed by atoms with E-state index < -0.39 is 0 Å². The van der Waals surface area contributed by atoms with E-state index in [1.807, 2.05) is 6.07 Å². The molecule has 0 aliphatic rings. The van der Waals surface area contributed by atoms with Crippen molar-refractivity contribution in [2.75, 3.05) is 5.88 Å². The highest BCUT2D eigenvalue weighted by Crippen LogP contribution is 2.21. The summed E-state index contributed by atoms with van der Waals surface area (Å²) in [5, 5.41) is 3.47. The summed E-state index contributed by atoms with van der Waals surface area (Å²) in [4.78, 5) is 1.28. The van der Waals surface area contributed by atoms with Gasteiger partial charge in [-0.25, -0.2) is 0 Å². The molecular weight excluding hydrogens is 237 g/mol. The van der Waals surface area contributed by atoms with Gasteiger partial charge in [-0.15, -0.1) is 22.9 Å². The molecule has 1 aromatic rings. The van der Waals surface area contributed by atoms with Gasteiger partial charge < -0.3 is 5.32 Å². The van der Waals surface area contributed by atoms with Gasteiger partial charge in [-0.3, -0.25) is 0 Å². The van der Waals surface area contributed by atoms with Crippen molar-refractivity contribution in [3.8, 4) is 0 Å². The monoisotopic (exact) mass is 251 g/mol. The molecule has 14 heavy (non-hydrogen) atoms. The third-order valence-corrected chi connectivity index (χ3v) is 3.59. The maximum absolute atomic E-state index is 5.84. The SMILES string of the molecule is CCC(CCCl)NCc1ccc(Cl)s1. The van der Waals surface area contributed by atoms with E-state index in [9.17, 15) is 0 Å². The molecule has 80 valence electrons. The maximum Gasteiger partial charge on any atom is 0.0931 e. The van der Waals surface area contributed by atoms with E-state index in [0.29, 0.717) is 6.04 Å². The zero-order valence-corrected chi connectivity index (χ0v) is 10.6. The molecule has 0 spiro atoms. The zero-order valence-electron chi connectivity index (χ0n) is 8.22. The Morgan fingerprint density at radius 3 is 2.79 bits per heavy atom. The molecule has 0 fully saturated rings. The molecule has 1 unspecified atom stereocenters. The first-order valence-electron chi connectivity index (χ1n) is 4.79. The van der Waals surface area contributed by atoms with Crippen LogP contribution in [0.3, 0.4) is 0 Å². The topological polar surface area (TPSA) is 12.0 Å². The lowest BCUT2D eigenvalue weighted by atomic mass is 10.2. The fourth-order valence-corrected chi connectivity index (χ4v) is 2.58. The molecule has 0 aliphatic heterocycles. The van der Waals surface area contributed by atoms with E-state index >= 15 is 0 Å². The Hall–Kier alpha value is 0.240. The molecule has 1 atom stereocenters. The lowest BCUT2D eigenvalue weighted by molar-refractivity contribution is 0.488. The van der Waals surface area contributed by atoms with Crippen LogP contribution in [0, 0.1) is 0 Å². The molecule has 0 amide bonds. The Morgan fingerprint density at radius 1 is 1.50 bits per heavy atom. The third-order valence-electron chi connectivity index (χ3n) is 2.14. The number of halogens is 2. The van der Waals surface area contributed by atoms with Gasteiger partial charge in [0.05, 0.1) is 4.34 Å². The number of hydrogen-bond acceptors (Lipinski definition) is 2. The normalized spacial score (nSPS) is 13.1. The standard InChI is InChI=1S/C10H15Cl2NS/c1-2-8(5-6-11)13-7-9-3-4-10(12)14-9/h3-4,8,13H,2,5-7H2,1H3. The second-order valence-electron chi connectivity index (χ2n) is 3.17. The molecule has 4 heteroatoms. The van der Waals surface area contributed by atoms with Crippen LogP contribution in [0.25, 0.3) is 0 Å². The van der Waals surface area contributed by atoms with Crippen molar-refractivity contribution >= 4 is 34.5 Å². The Kier molecular flexibility index (Phi) is 5.87. The average Bonchev–Trinajstić information content (AvgIpc) is 2.59. The van der Waals surface area contributed by atoms with Crippen LogP contribution in [0.5, 0.6) is 0 Å². The van der Waals surface area contributed by atoms with Crippen molar-refractivity contribution in [2.45, 2.75) is 32.4 Å². The third kappa shape index (κ3) is 4.18. The number of rotatable bonds is 6. The second kappa shape index (κ2) is 6.67. The molecule has 0 aromatic carbocycles. The minimum absolute atomic E-state index is 0.522. The van der Waals surface area contributed by atoms with Crippen LogP contribution in [0.2, 0.25) is 4.34 Å². The lowest BCUT2D eigenvalue weighted by Crippen LogP contribution is -2.27. The van der Waals surface area contributed by atoms with Crippen LogP contribution in [-0.2, 0) is 6.54 Å². The summed E-state index contributed by atoms with van der Waals surface area (Å²) in [5.41, 5.74) is 0. The molecule has 0 aliphatic carbocycles. The minimum Gasteiger partial charge on any atom is -0.309 e. The van der Waals surface area contributed by atoms with E-state index in [0.717, 1.165) is 29.6 Å². The van der Waals surface area contributed by atoms with Gasteiger partial charge >= 0.3 is 0 Å². The largest absolute Gasteiger partial charge is 0.309 e. The van der Waals surface area contributed by atoms with Gasteiger partial charge in [0, 0.05) is 23.3 Å². The summed E-state index contributed by atoms with van der Waals surface area (Å²) in [6.07, 6.45) is 2.14. The van der Waals surface area contributed by atoms with Crippen molar-refractivity contribution < 1.29 is 0 Å². The molecular formula is C10H15Cl2NS. The average molecular weight is 252 g/mol. The molecule has 1 N–H and O–H groups in total. The fraction of sp³-hybridized carbons (Fsp3) is 0.600. The van der Waals surface area contributed by atoms with Crippen LogP contribution < -0.4 is 5.32 Å². The van der Waals surface area contributed by atoms with Crippen molar-refractivity contribution in [1.29, 1.82) is 0 Å². The second-order valence-corrected chi connectivity index (χ2v) is 5.35. The number of nitrogens with one attached hydrogen (secondary N) is 1. The first-order chi connectivity index (χ1) is 6.76. The summed E-state index contributed by atoms with van der Waals surface area (Å²) in [5.74, 6) is 0.719. The number of hydrogen-bond donors (Lipinski definition) is 1. The zero-order chi connectivity index (χ0) is 10.4. The maximum atomic E-state index is 5.84. The van der Waals surface area contributed by atoms with Crippen molar-refractivity contribution in [2.24, 2.45) is 0 Å². The van der Waals surface area contributed by atoms with Gasteiger partial charge in [0.2, 0.25) is 0 Å². The quantitative estimate of drug-likeness (QED) is 0.757. The van der Waals surface area contributed by atoms with E-state index in [1.165, 1.54) is 4.88 Å². The van der Waals surface area contributed by atoms with Crippen molar-refractivity contribution in [1.82, 2.24) is 5.32 Å². The molecule has 0 radical (unpaired) electrons. The summed E-state index contributed by atoms with van der Waals surface area (Å²) in [6, 6.07) is 4.52.